The molecule has 0 aliphatic heterocycles. The molecule has 2 rings (SSSR count). The molecule has 1 aliphatic rings. The van der Waals surface area contributed by atoms with Gasteiger partial charge in [-0.2, -0.15) is 22.0 Å². The number of halogens is 5. The van der Waals surface area contributed by atoms with E-state index in [1.54, 1.807) is 0 Å². The Morgan fingerprint density at radius 2 is 1.58 bits per heavy atom. The van der Waals surface area contributed by atoms with Gasteiger partial charge in [-0.05, 0) is 42.9 Å². The van der Waals surface area contributed by atoms with E-state index < -0.39 is 30.7 Å². The Bertz CT molecular complexity index is 548. The maximum absolute atomic E-state index is 14.3. The fourth-order valence-corrected chi connectivity index (χ4v) is 3.29. The van der Waals surface area contributed by atoms with E-state index >= 15 is 0 Å². The zero-order valence-electron chi connectivity index (χ0n) is 15.0. The van der Waals surface area contributed by atoms with Crippen molar-refractivity contribution >= 4 is 0 Å². The summed E-state index contributed by atoms with van der Waals surface area (Å²) < 4.78 is 76.9. The van der Waals surface area contributed by atoms with Gasteiger partial charge in [-0.25, -0.2) is 0 Å². The van der Waals surface area contributed by atoms with E-state index in [-0.39, 0.29) is 12.2 Å². The standard InChI is InChI=1S/C19H25F5O2/c1-13-3-7-15(8-4-13)19(23,24)26-17-9-5-14(6-10-17)11-16(12-25-2)18(20,21)22/h5-6,9-10,13,15-16H,3-4,7-8,11-12H2,1-2H3. The van der Waals surface area contributed by atoms with Crippen molar-refractivity contribution in [3.05, 3.63) is 29.8 Å². The second-order valence-corrected chi connectivity index (χ2v) is 7.16. The Hall–Kier alpha value is -1.37. The molecule has 1 aromatic rings. The van der Waals surface area contributed by atoms with Crippen molar-refractivity contribution in [2.75, 3.05) is 13.7 Å². The number of benzene rings is 1. The van der Waals surface area contributed by atoms with Crippen LogP contribution in [0.2, 0.25) is 0 Å². The lowest BCUT2D eigenvalue weighted by Crippen LogP contribution is -2.37. The summed E-state index contributed by atoms with van der Waals surface area (Å²) in [5.41, 5.74) is 0.395. The molecule has 0 saturated heterocycles. The minimum Gasteiger partial charge on any atom is -0.432 e. The highest BCUT2D eigenvalue weighted by Gasteiger charge is 2.43. The molecule has 1 saturated carbocycles. The average Bonchev–Trinajstić information content (AvgIpc) is 2.55. The van der Waals surface area contributed by atoms with Crippen LogP contribution in [0.15, 0.2) is 24.3 Å². The third-order valence-corrected chi connectivity index (χ3v) is 4.98. The summed E-state index contributed by atoms with van der Waals surface area (Å²) in [6.45, 7) is 1.60. The van der Waals surface area contributed by atoms with Crippen molar-refractivity contribution in [2.45, 2.75) is 51.3 Å². The highest BCUT2D eigenvalue weighted by atomic mass is 19.4. The van der Waals surface area contributed by atoms with E-state index in [2.05, 4.69) is 4.74 Å². The van der Waals surface area contributed by atoms with E-state index in [9.17, 15) is 22.0 Å². The van der Waals surface area contributed by atoms with Gasteiger partial charge in [0.15, 0.2) is 0 Å². The number of alkyl halides is 5. The lowest BCUT2D eigenvalue weighted by molar-refractivity contribution is -0.223. The van der Waals surface area contributed by atoms with Crippen molar-refractivity contribution in [3.63, 3.8) is 0 Å². The molecular formula is C19H25F5O2. The highest BCUT2D eigenvalue weighted by molar-refractivity contribution is 5.28. The van der Waals surface area contributed by atoms with Gasteiger partial charge in [-0.3, -0.25) is 0 Å². The van der Waals surface area contributed by atoms with Crippen LogP contribution in [0.3, 0.4) is 0 Å². The minimum absolute atomic E-state index is 0.0346. The van der Waals surface area contributed by atoms with Crippen molar-refractivity contribution in [3.8, 4) is 5.75 Å². The minimum atomic E-state index is -4.38. The van der Waals surface area contributed by atoms with Gasteiger partial charge in [-0.1, -0.05) is 31.9 Å². The van der Waals surface area contributed by atoms with Crippen molar-refractivity contribution in [2.24, 2.45) is 17.8 Å². The van der Waals surface area contributed by atoms with E-state index in [4.69, 9.17) is 4.74 Å². The topological polar surface area (TPSA) is 18.5 Å². The molecule has 0 heterocycles. The molecule has 1 atom stereocenters. The van der Waals surface area contributed by atoms with Crippen LogP contribution < -0.4 is 4.74 Å². The molecule has 0 N–H and O–H groups in total. The summed E-state index contributed by atoms with van der Waals surface area (Å²) >= 11 is 0. The molecule has 1 aliphatic carbocycles. The molecular weight excluding hydrogens is 355 g/mol. The molecule has 7 heteroatoms. The smallest absolute Gasteiger partial charge is 0.400 e. The van der Waals surface area contributed by atoms with Crippen LogP contribution in [0.5, 0.6) is 5.75 Å². The van der Waals surface area contributed by atoms with E-state index in [1.807, 2.05) is 6.92 Å². The molecule has 1 unspecified atom stereocenters. The van der Waals surface area contributed by atoms with Gasteiger partial charge in [0.1, 0.15) is 5.75 Å². The molecule has 0 bridgehead atoms. The lowest BCUT2D eigenvalue weighted by Gasteiger charge is -2.32. The second kappa shape index (κ2) is 8.55. The van der Waals surface area contributed by atoms with Gasteiger partial charge in [0.25, 0.3) is 0 Å². The number of rotatable bonds is 7. The Labute approximate surface area is 150 Å². The SMILES string of the molecule is COCC(Cc1ccc(OC(F)(F)C2CCC(C)CC2)cc1)C(F)(F)F. The third-order valence-electron chi connectivity index (χ3n) is 4.98. The monoisotopic (exact) mass is 380 g/mol. The van der Waals surface area contributed by atoms with Gasteiger partial charge in [-0.15, -0.1) is 0 Å². The van der Waals surface area contributed by atoms with Gasteiger partial charge < -0.3 is 9.47 Å². The average molecular weight is 380 g/mol. The first kappa shape index (κ1) is 20.9. The Balaban J connectivity index is 1.98. The molecule has 0 amide bonds. The molecule has 0 aromatic heterocycles. The maximum Gasteiger partial charge on any atom is 0.400 e. The summed E-state index contributed by atoms with van der Waals surface area (Å²) in [5.74, 6) is -2.04. The normalized spacial score (nSPS) is 22.9. The zero-order valence-corrected chi connectivity index (χ0v) is 15.0. The van der Waals surface area contributed by atoms with Gasteiger partial charge in [0.05, 0.1) is 18.4 Å². The fourth-order valence-electron chi connectivity index (χ4n) is 3.29. The zero-order chi connectivity index (χ0) is 19.4. The van der Waals surface area contributed by atoms with Gasteiger partial charge in [0, 0.05) is 7.11 Å². The largest absolute Gasteiger partial charge is 0.432 e. The number of methoxy groups -OCH3 is 1. The molecule has 2 nitrogen and oxygen atoms in total. The van der Waals surface area contributed by atoms with Crippen LogP contribution in [-0.4, -0.2) is 26.0 Å². The maximum atomic E-state index is 14.3. The summed E-state index contributed by atoms with van der Waals surface area (Å²) in [6.07, 6.45) is -5.59. The van der Waals surface area contributed by atoms with Crippen LogP contribution in [-0.2, 0) is 11.2 Å². The first-order valence-electron chi connectivity index (χ1n) is 8.83. The molecule has 0 radical (unpaired) electrons. The molecule has 0 spiro atoms. The second-order valence-electron chi connectivity index (χ2n) is 7.16. The Morgan fingerprint density at radius 1 is 1.00 bits per heavy atom. The van der Waals surface area contributed by atoms with Crippen molar-refractivity contribution in [1.82, 2.24) is 0 Å². The summed E-state index contributed by atoms with van der Waals surface area (Å²) in [4.78, 5) is 0. The summed E-state index contributed by atoms with van der Waals surface area (Å²) in [6, 6.07) is 5.38. The van der Waals surface area contributed by atoms with Gasteiger partial charge in [0.2, 0.25) is 0 Å². The third kappa shape index (κ3) is 5.83. The quantitative estimate of drug-likeness (QED) is 0.552. The van der Waals surface area contributed by atoms with Crippen LogP contribution in [0.25, 0.3) is 0 Å². The predicted octanol–water partition coefficient (Wildman–Crippen LogP) is 5.85. The molecule has 148 valence electrons. The fraction of sp³-hybridized carbons (Fsp3) is 0.684. The Kier molecular flexibility index (Phi) is 6.88. The van der Waals surface area contributed by atoms with Crippen LogP contribution >= 0.6 is 0 Å². The summed E-state index contributed by atoms with van der Waals surface area (Å²) in [5, 5.41) is 0. The molecule has 26 heavy (non-hydrogen) atoms. The Morgan fingerprint density at radius 3 is 2.08 bits per heavy atom. The first-order valence-corrected chi connectivity index (χ1v) is 8.83. The predicted molar refractivity (Wildman–Crippen MR) is 88.3 cm³/mol. The highest BCUT2D eigenvalue weighted by Crippen LogP contribution is 2.40. The van der Waals surface area contributed by atoms with Crippen molar-refractivity contribution < 1.29 is 31.4 Å². The first-order chi connectivity index (χ1) is 12.1. The van der Waals surface area contributed by atoms with E-state index in [0.29, 0.717) is 24.3 Å². The van der Waals surface area contributed by atoms with Crippen LogP contribution in [0, 0.1) is 17.8 Å². The molecule has 1 fully saturated rings. The summed E-state index contributed by atoms with van der Waals surface area (Å²) in [7, 11) is 1.21. The number of hydrogen-bond donors (Lipinski definition) is 0. The van der Waals surface area contributed by atoms with E-state index in [0.717, 1.165) is 12.8 Å². The number of ether oxygens (including phenoxy) is 2. The lowest BCUT2D eigenvalue weighted by atomic mass is 9.82. The van der Waals surface area contributed by atoms with Gasteiger partial charge >= 0.3 is 12.3 Å². The van der Waals surface area contributed by atoms with Crippen molar-refractivity contribution in [1.29, 1.82) is 0 Å². The van der Waals surface area contributed by atoms with Crippen LogP contribution in [0.1, 0.15) is 38.2 Å². The number of hydrogen-bond acceptors (Lipinski definition) is 2. The molecule has 1 aromatic carbocycles. The van der Waals surface area contributed by atoms with Crippen LogP contribution in [0.4, 0.5) is 22.0 Å². The van der Waals surface area contributed by atoms with E-state index in [1.165, 1.54) is 31.4 Å².